The van der Waals surface area contributed by atoms with Crippen LogP contribution in [-0.4, -0.2) is 40.2 Å². The second-order valence-electron chi connectivity index (χ2n) is 6.18. The average Bonchev–Trinajstić information content (AvgIpc) is 3.07. The number of Topliss-reactive ketones (excluding diaryl/α,β-unsaturated/α-hetero) is 1. The number of ketones is 1. The molecule has 28 heavy (non-hydrogen) atoms. The molecule has 3 rings (SSSR count). The summed E-state index contributed by atoms with van der Waals surface area (Å²) >= 11 is 5.97. The van der Waals surface area contributed by atoms with E-state index in [4.69, 9.17) is 11.6 Å². The molecule has 1 aromatic carbocycles. The summed E-state index contributed by atoms with van der Waals surface area (Å²) < 4.78 is 26.3. The van der Waals surface area contributed by atoms with Crippen LogP contribution in [0.3, 0.4) is 0 Å². The molecule has 0 aliphatic heterocycles. The summed E-state index contributed by atoms with van der Waals surface area (Å²) in [7, 11) is -1.86. The summed E-state index contributed by atoms with van der Waals surface area (Å²) in [4.78, 5) is 20.3. The summed E-state index contributed by atoms with van der Waals surface area (Å²) in [6, 6.07) is 6.30. The fourth-order valence-corrected chi connectivity index (χ4v) is 3.65. The molecule has 0 amide bonds. The van der Waals surface area contributed by atoms with E-state index < -0.39 is 9.84 Å². The third-order valence-electron chi connectivity index (χ3n) is 4.00. The van der Waals surface area contributed by atoms with Gasteiger partial charge in [0.15, 0.2) is 21.4 Å². The van der Waals surface area contributed by atoms with Crippen molar-refractivity contribution in [1.29, 1.82) is 0 Å². The number of carbonyl (C=O) groups excluding carboxylic acids is 1. The number of hydrogen-bond donors (Lipinski definition) is 1. The molecule has 2 aromatic heterocycles. The minimum absolute atomic E-state index is 0.0558. The number of pyridine rings is 1. The Morgan fingerprint density at radius 3 is 2.57 bits per heavy atom. The zero-order chi connectivity index (χ0) is 20.5. The molecular formula is C18H18ClN5O3S. The van der Waals surface area contributed by atoms with Crippen molar-refractivity contribution in [2.75, 3.05) is 11.6 Å². The van der Waals surface area contributed by atoms with Gasteiger partial charge in [0.2, 0.25) is 0 Å². The Kier molecular flexibility index (Phi) is 5.48. The monoisotopic (exact) mass is 419 g/mol. The van der Waals surface area contributed by atoms with Crippen molar-refractivity contribution in [2.45, 2.75) is 18.2 Å². The number of halogens is 1. The number of aryl methyl sites for hydroxylation is 1. The molecule has 0 aliphatic rings. The summed E-state index contributed by atoms with van der Waals surface area (Å²) in [5.41, 5.74) is 1.60. The number of sulfone groups is 1. The van der Waals surface area contributed by atoms with Crippen molar-refractivity contribution < 1.29 is 13.2 Å². The number of carbonyl (C=O) groups is 1. The van der Waals surface area contributed by atoms with Gasteiger partial charge in [0.1, 0.15) is 11.5 Å². The van der Waals surface area contributed by atoms with Gasteiger partial charge in [0.25, 0.3) is 0 Å². The SMILES string of the molecule is CCC(=O)c1cnc(Cl)cc1Nc1ccc(-c2ncn(C)n2)cc1S(C)(=O)=O. The second kappa shape index (κ2) is 7.69. The lowest BCUT2D eigenvalue weighted by molar-refractivity contribution is 0.0988. The molecule has 0 radical (unpaired) electrons. The molecule has 0 spiro atoms. The van der Waals surface area contributed by atoms with E-state index in [1.54, 1.807) is 26.1 Å². The Balaban J connectivity index is 2.10. The van der Waals surface area contributed by atoms with E-state index in [0.717, 1.165) is 6.26 Å². The number of hydrogen-bond acceptors (Lipinski definition) is 7. The lowest BCUT2D eigenvalue weighted by Crippen LogP contribution is -2.07. The van der Waals surface area contributed by atoms with Gasteiger partial charge in [0.05, 0.1) is 21.8 Å². The van der Waals surface area contributed by atoms with E-state index in [-0.39, 0.29) is 22.3 Å². The van der Waals surface area contributed by atoms with Crippen LogP contribution < -0.4 is 5.32 Å². The molecule has 2 heterocycles. The van der Waals surface area contributed by atoms with Gasteiger partial charge in [-0.25, -0.2) is 18.4 Å². The van der Waals surface area contributed by atoms with E-state index in [0.29, 0.717) is 28.3 Å². The van der Waals surface area contributed by atoms with Crippen molar-refractivity contribution in [3.05, 3.63) is 47.5 Å². The maximum atomic E-state index is 12.4. The smallest absolute Gasteiger partial charge is 0.181 e. The highest BCUT2D eigenvalue weighted by atomic mass is 35.5. The first-order valence-corrected chi connectivity index (χ1v) is 10.6. The van der Waals surface area contributed by atoms with Crippen LogP contribution in [0.2, 0.25) is 5.15 Å². The van der Waals surface area contributed by atoms with Crippen LogP contribution in [0.15, 0.2) is 41.7 Å². The summed E-state index contributed by atoms with van der Waals surface area (Å²) in [6.45, 7) is 1.73. The number of nitrogens with zero attached hydrogens (tertiary/aromatic N) is 4. The molecule has 146 valence electrons. The Morgan fingerprint density at radius 1 is 1.21 bits per heavy atom. The van der Waals surface area contributed by atoms with E-state index in [1.165, 1.54) is 29.3 Å². The van der Waals surface area contributed by atoms with Gasteiger partial charge in [-0.05, 0) is 24.3 Å². The van der Waals surface area contributed by atoms with Crippen molar-refractivity contribution in [3.63, 3.8) is 0 Å². The fraction of sp³-hybridized carbons (Fsp3) is 0.222. The minimum Gasteiger partial charge on any atom is -0.354 e. The van der Waals surface area contributed by atoms with Gasteiger partial charge in [-0.1, -0.05) is 18.5 Å². The Morgan fingerprint density at radius 2 is 1.96 bits per heavy atom. The molecule has 8 nitrogen and oxygen atoms in total. The molecular weight excluding hydrogens is 402 g/mol. The van der Waals surface area contributed by atoms with Gasteiger partial charge in [0, 0.05) is 31.5 Å². The fourth-order valence-electron chi connectivity index (χ4n) is 2.63. The van der Waals surface area contributed by atoms with Crippen LogP contribution in [-0.2, 0) is 16.9 Å². The Bertz CT molecular complexity index is 1160. The van der Waals surface area contributed by atoms with Crippen molar-refractivity contribution >= 4 is 38.6 Å². The van der Waals surface area contributed by atoms with Crippen LogP contribution in [0.4, 0.5) is 11.4 Å². The quantitative estimate of drug-likeness (QED) is 0.482. The van der Waals surface area contributed by atoms with Crippen molar-refractivity contribution in [2.24, 2.45) is 7.05 Å². The number of nitrogens with one attached hydrogen (secondary N) is 1. The lowest BCUT2D eigenvalue weighted by atomic mass is 10.1. The lowest BCUT2D eigenvalue weighted by Gasteiger charge is -2.15. The molecule has 0 saturated carbocycles. The van der Waals surface area contributed by atoms with Crippen LogP contribution in [0.1, 0.15) is 23.7 Å². The molecule has 1 N–H and O–H groups in total. The highest BCUT2D eigenvalue weighted by molar-refractivity contribution is 7.90. The third-order valence-corrected chi connectivity index (χ3v) is 5.34. The summed E-state index contributed by atoms with van der Waals surface area (Å²) in [5, 5.41) is 7.40. The van der Waals surface area contributed by atoms with E-state index in [1.807, 2.05) is 0 Å². The molecule has 10 heteroatoms. The van der Waals surface area contributed by atoms with Gasteiger partial charge in [-0.3, -0.25) is 9.48 Å². The highest BCUT2D eigenvalue weighted by Crippen LogP contribution is 2.31. The summed E-state index contributed by atoms with van der Waals surface area (Å²) in [6.07, 6.45) is 4.30. The maximum absolute atomic E-state index is 12.4. The summed E-state index contributed by atoms with van der Waals surface area (Å²) in [5.74, 6) is 0.273. The maximum Gasteiger partial charge on any atom is 0.181 e. The van der Waals surface area contributed by atoms with Crippen LogP contribution in [0.5, 0.6) is 0 Å². The predicted molar refractivity (Wildman–Crippen MR) is 107 cm³/mol. The largest absolute Gasteiger partial charge is 0.354 e. The number of benzene rings is 1. The van der Waals surface area contributed by atoms with Gasteiger partial charge in [-0.2, -0.15) is 5.10 Å². The van der Waals surface area contributed by atoms with E-state index >= 15 is 0 Å². The second-order valence-corrected chi connectivity index (χ2v) is 8.55. The Hall–Kier alpha value is -2.78. The normalized spacial score (nSPS) is 11.4. The Labute approximate surface area is 167 Å². The molecule has 0 aliphatic carbocycles. The topological polar surface area (TPSA) is 107 Å². The van der Waals surface area contributed by atoms with Gasteiger partial charge < -0.3 is 5.32 Å². The third kappa shape index (κ3) is 4.20. The van der Waals surface area contributed by atoms with Crippen molar-refractivity contribution in [1.82, 2.24) is 19.7 Å². The van der Waals surface area contributed by atoms with Crippen LogP contribution in [0, 0.1) is 0 Å². The first kappa shape index (κ1) is 20.0. The first-order valence-electron chi connectivity index (χ1n) is 8.35. The average molecular weight is 420 g/mol. The van der Waals surface area contributed by atoms with E-state index in [9.17, 15) is 13.2 Å². The molecule has 0 atom stereocenters. The highest BCUT2D eigenvalue weighted by Gasteiger charge is 2.19. The molecule has 0 saturated heterocycles. The van der Waals surface area contributed by atoms with Gasteiger partial charge in [-0.15, -0.1) is 0 Å². The minimum atomic E-state index is -3.58. The molecule has 0 fully saturated rings. The first-order chi connectivity index (χ1) is 13.2. The zero-order valence-corrected chi connectivity index (χ0v) is 17.0. The molecule has 0 bridgehead atoms. The van der Waals surface area contributed by atoms with Crippen molar-refractivity contribution in [3.8, 4) is 11.4 Å². The van der Waals surface area contributed by atoms with Crippen LogP contribution in [0.25, 0.3) is 11.4 Å². The zero-order valence-electron chi connectivity index (χ0n) is 15.5. The predicted octanol–water partition coefficient (Wildman–Crippen LogP) is 3.27. The molecule has 3 aromatic rings. The van der Waals surface area contributed by atoms with E-state index in [2.05, 4.69) is 20.4 Å². The standard InChI is InChI=1S/C18H18ClN5O3S/c1-4-15(25)12-9-20-17(19)8-14(12)22-13-6-5-11(7-16(13)28(3,26)27)18-21-10-24(2)23-18/h5-10H,4H2,1-3H3,(H,20,22). The van der Waals surface area contributed by atoms with Gasteiger partial charge >= 0.3 is 0 Å². The molecule has 0 unspecified atom stereocenters. The van der Waals surface area contributed by atoms with Crippen LogP contribution >= 0.6 is 11.6 Å². The number of aromatic nitrogens is 4. The number of rotatable bonds is 6. The number of anilines is 2.